The number of rotatable bonds is 3. The van der Waals surface area contributed by atoms with Crippen molar-refractivity contribution >= 4 is 27.3 Å². The fourth-order valence-corrected chi connectivity index (χ4v) is 6.60. The second-order valence-electron chi connectivity index (χ2n) is 6.67. The van der Waals surface area contributed by atoms with Crippen molar-refractivity contribution in [1.29, 1.82) is 0 Å². The lowest BCUT2D eigenvalue weighted by Gasteiger charge is -2.34. The molecule has 0 aliphatic carbocycles. The Morgan fingerprint density at radius 3 is 2.61 bits per heavy atom. The zero-order valence-electron chi connectivity index (χ0n) is 13.7. The number of sulfonamides is 1. The predicted molar refractivity (Wildman–Crippen MR) is 90.9 cm³/mol. The van der Waals surface area contributed by atoms with Gasteiger partial charge in [-0.3, -0.25) is 4.79 Å². The maximum absolute atomic E-state index is 12.9. The molecule has 2 saturated heterocycles. The van der Waals surface area contributed by atoms with Crippen molar-refractivity contribution in [1.82, 2.24) is 9.21 Å². The van der Waals surface area contributed by atoms with E-state index in [0.29, 0.717) is 23.1 Å². The molecule has 0 aromatic carbocycles. The number of nitrogens with zero attached hydrogens (tertiary/aromatic N) is 2. The molecule has 2 aliphatic rings. The van der Waals surface area contributed by atoms with Crippen molar-refractivity contribution in [2.75, 3.05) is 19.6 Å². The lowest BCUT2D eigenvalue weighted by molar-refractivity contribution is -0.136. The van der Waals surface area contributed by atoms with Crippen LogP contribution in [0.5, 0.6) is 0 Å². The van der Waals surface area contributed by atoms with E-state index >= 15 is 0 Å². The van der Waals surface area contributed by atoms with Gasteiger partial charge in [-0.1, -0.05) is 6.92 Å². The lowest BCUT2D eigenvalue weighted by Crippen LogP contribution is -2.50. The summed E-state index contributed by atoms with van der Waals surface area (Å²) in [6.45, 7) is 5.99. The van der Waals surface area contributed by atoms with Gasteiger partial charge in [0.2, 0.25) is 5.91 Å². The van der Waals surface area contributed by atoms with E-state index in [1.54, 1.807) is 6.07 Å². The molecule has 2 fully saturated rings. The number of likely N-dealkylation sites (tertiary alicyclic amines) is 1. The third-order valence-electron chi connectivity index (χ3n) is 4.74. The summed E-state index contributed by atoms with van der Waals surface area (Å²) >= 11 is 1.28. The molecular weight excluding hydrogens is 332 g/mol. The highest BCUT2D eigenvalue weighted by atomic mass is 32.2. The molecule has 0 spiro atoms. The molecule has 7 heteroatoms. The monoisotopic (exact) mass is 356 g/mol. The predicted octanol–water partition coefficient (Wildman–Crippen LogP) is 2.47. The van der Waals surface area contributed by atoms with Crippen LogP contribution in [-0.4, -0.2) is 49.2 Å². The van der Waals surface area contributed by atoms with Crippen LogP contribution < -0.4 is 0 Å². The fourth-order valence-electron chi connectivity index (χ4n) is 3.54. The van der Waals surface area contributed by atoms with Crippen molar-refractivity contribution in [3.63, 3.8) is 0 Å². The highest BCUT2D eigenvalue weighted by Gasteiger charge is 2.42. The molecule has 0 saturated carbocycles. The number of carbonyl (C=O) groups is 1. The molecule has 0 N–H and O–H groups in total. The fraction of sp³-hybridized carbons (Fsp3) is 0.688. The summed E-state index contributed by atoms with van der Waals surface area (Å²) in [5.74, 6) is 0.491. The number of hydrogen-bond acceptors (Lipinski definition) is 4. The number of hydrogen-bond donors (Lipinski definition) is 0. The van der Waals surface area contributed by atoms with E-state index in [2.05, 4.69) is 6.92 Å². The summed E-state index contributed by atoms with van der Waals surface area (Å²) in [7, 11) is -3.56. The van der Waals surface area contributed by atoms with Gasteiger partial charge < -0.3 is 4.90 Å². The van der Waals surface area contributed by atoms with Gasteiger partial charge in [-0.2, -0.15) is 4.31 Å². The Kier molecular flexibility index (Phi) is 4.80. The van der Waals surface area contributed by atoms with Crippen molar-refractivity contribution in [3.8, 4) is 0 Å². The third kappa shape index (κ3) is 3.32. The largest absolute Gasteiger partial charge is 0.341 e. The minimum Gasteiger partial charge on any atom is -0.341 e. The Morgan fingerprint density at radius 2 is 1.96 bits per heavy atom. The maximum Gasteiger partial charge on any atom is 0.253 e. The number of piperidine rings is 1. The highest BCUT2D eigenvalue weighted by Crippen LogP contribution is 2.31. The zero-order chi connectivity index (χ0) is 16.6. The van der Waals surface area contributed by atoms with Crippen LogP contribution in [0.1, 0.15) is 37.5 Å². The molecule has 3 heterocycles. The Balaban J connectivity index is 1.81. The molecule has 128 valence electrons. The minimum atomic E-state index is -3.56. The van der Waals surface area contributed by atoms with Crippen LogP contribution in [0.4, 0.5) is 0 Å². The summed E-state index contributed by atoms with van der Waals surface area (Å²) < 4.78 is 27.5. The molecule has 3 rings (SSSR count). The number of thiophene rings is 1. The summed E-state index contributed by atoms with van der Waals surface area (Å²) in [4.78, 5) is 15.7. The number of amides is 1. The summed E-state index contributed by atoms with van der Waals surface area (Å²) in [6, 6.07) is 2.95. The minimum absolute atomic E-state index is 0.00842. The van der Waals surface area contributed by atoms with Crippen molar-refractivity contribution < 1.29 is 13.2 Å². The molecule has 1 aromatic rings. The highest BCUT2D eigenvalue weighted by molar-refractivity contribution is 7.91. The zero-order valence-corrected chi connectivity index (χ0v) is 15.3. The van der Waals surface area contributed by atoms with Gasteiger partial charge in [0.25, 0.3) is 10.0 Å². The molecule has 1 aromatic heterocycles. The molecule has 23 heavy (non-hydrogen) atoms. The average molecular weight is 357 g/mol. The molecule has 0 bridgehead atoms. The third-order valence-corrected chi connectivity index (χ3v) is 8.11. The molecule has 2 aliphatic heterocycles. The summed E-state index contributed by atoms with van der Waals surface area (Å²) in [5, 5.41) is 0. The van der Waals surface area contributed by atoms with Crippen LogP contribution in [0, 0.1) is 12.8 Å². The van der Waals surface area contributed by atoms with Gasteiger partial charge in [-0.05, 0) is 50.7 Å². The maximum atomic E-state index is 12.9. The van der Waals surface area contributed by atoms with Gasteiger partial charge in [0.05, 0.1) is 0 Å². The van der Waals surface area contributed by atoms with Gasteiger partial charge >= 0.3 is 0 Å². The van der Waals surface area contributed by atoms with E-state index in [0.717, 1.165) is 37.2 Å². The first-order valence-corrected chi connectivity index (χ1v) is 10.5. The van der Waals surface area contributed by atoms with Crippen LogP contribution in [0.25, 0.3) is 0 Å². The normalized spacial score (nSPS) is 26.6. The summed E-state index contributed by atoms with van der Waals surface area (Å²) in [5.41, 5.74) is 0. The molecular formula is C16H24N2O3S2. The molecule has 2 atom stereocenters. The molecule has 0 radical (unpaired) electrons. The topological polar surface area (TPSA) is 57.7 Å². The Hall–Kier alpha value is -0.920. The molecule has 1 amide bonds. The standard InChI is InChI=1S/C16H24N2O3S2/c1-12-5-3-9-17(11-12)16(19)14-6-4-10-18(14)23(20,21)15-8-7-13(2)22-15/h7-8,12,14H,3-6,9-11H2,1-2H3. The Labute approximate surface area is 142 Å². The number of carbonyl (C=O) groups excluding carboxylic acids is 1. The van der Waals surface area contributed by atoms with E-state index in [1.807, 2.05) is 17.9 Å². The first-order valence-electron chi connectivity index (χ1n) is 8.26. The molecule has 5 nitrogen and oxygen atoms in total. The molecule has 2 unspecified atom stereocenters. The van der Waals surface area contributed by atoms with Crippen molar-refractivity contribution in [3.05, 3.63) is 17.0 Å². The van der Waals surface area contributed by atoms with Gasteiger partial charge in [-0.15, -0.1) is 11.3 Å². The van der Waals surface area contributed by atoms with Crippen LogP contribution in [0.2, 0.25) is 0 Å². The van der Waals surface area contributed by atoms with Crippen LogP contribution in [0.3, 0.4) is 0 Å². The van der Waals surface area contributed by atoms with Gasteiger partial charge in [0.1, 0.15) is 10.3 Å². The number of aryl methyl sites for hydroxylation is 1. The van der Waals surface area contributed by atoms with E-state index in [-0.39, 0.29) is 5.91 Å². The van der Waals surface area contributed by atoms with Crippen LogP contribution in [-0.2, 0) is 14.8 Å². The second kappa shape index (κ2) is 6.53. The average Bonchev–Trinajstić information content (AvgIpc) is 3.15. The van der Waals surface area contributed by atoms with Gasteiger partial charge in [0, 0.05) is 24.5 Å². The quantitative estimate of drug-likeness (QED) is 0.836. The first kappa shape index (κ1) is 16.9. The van der Waals surface area contributed by atoms with E-state index < -0.39 is 16.1 Å². The lowest BCUT2D eigenvalue weighted by atomic mass is 9.99. The van der Waals surface area contributed by atoms with Crippen LogP contribution >= 0.6 is 11.3 Å². The van der Waals surface area contributed by atoms with Gasteiger partial charge in [-0.25, -0.2) is 8.42 Å². The van der Waals surface area contributed by atoms with E-state index in [1.165, 1.54) is 15.6 Å². The van der Waals surface area contributed by atoms with Crippen molar-refractivity contribution in [2.24, 2.45) is 5.92 Å². The van der Waals surface area contributed by atoms with E-state index in [4.69, 9.17) is 0 Å². The van der Waals surface area contributed by atoms with Crippen molar-refractivity contribution in [2.45, 2.75) is 49.8 Å². The SMILES string of the molecule is Cc1ccc(S(=O)(=O)N2CCCC2C(=O)N2CCCC(C)C2)s1. The Bertz CT molecular complexity index is 683. The first-order chi connectivity index (χ1) is 10.9. The smallest absolute Gasteiger partial charge is 0.253 e. The second-order valence-corrected chi connectivity index (χ2v) is 10.1. The Morgan fingerprint density at radius 1 is 1.22 bits per heavy atom. The summed E-state index contributed by atoms with van der Waals surface area (Å²) in [6.07, 6.45) is 3.54. The van der Waals surface area contributed by atoms with E-state index in [9.17, 15) is 13.2 Å². The van der Waals surface area contributed by atoms with Gasteiger partial charge in [0.15, 0.2) is 0 Å². The van der Waals surface area contributed by atoms with Crippen LogP contribution in [0.15, 0.2) is 16.3 Å².